The summed E-state index contributed by atoms with van der Waals surface area (Å²) in [5.74, 6) is 0.181. The lowest BCUT2D eigenvalue weighted by Gasteiger charge is -2.34. The number of Topliss-reactive ketones (excluding diaryl/α,β-unsaturated/α-hetero) is 1. The maximum Gasteiger partial charge on any atom is 0.223 e. The second kappa shape index (κ2) is 7.92. The molecule has 21 heavy (non-hydrogen) atoms. The lowest BCUT2D eigenvalue weighted by molar-refractivity contribution is -0.133. The van der Waals surface area contributed by atoms with E-state index in [0.29, 0.717) is 12.8 Å². The SMILES string of the molecule is Cc1cc(C(=O)CCC(=O)N2CCNC[C@H]2C)c(C)s1.Cl. The highest BCUT2D eigenvalue weighted by molar-refractivity contribution is 7.12. The Labute approximate surface area is 136 Å². The quantitative estimate of drug-likeness (QED) is 0.863. The summed E-state index contributed by atoms with van der Waals surface area (Å²) in [6.07, 6.45) is 0.629. The van der Waals surface area contributed by atoms with Crippen LogP contribution in [-0.4, -0.2) is 42.3 Å². The molecule has 0 aromatic carbocycles. The summed E-state index contributed by atoms with van der Waals surface area (Å²) in [5, 5.41) is 3.26. The van der Waals surface area contributed by atoms with E-state index in [4.69, 9.17) is 0 Å². The molecule has 1 amide bonds. The Balaban J connectivity index is 0.00000220. The number of nitrogens with zero attached hydrogens (tertiary/aromatic N) is 1. The van der Waals surface area contributed by atoms with E-state index in [2.05, 4.69) is 5.32 Å². The van der Waals surface area contributed by atoms with Gasteiger partial charge in [0.2, 0.25) is 5.91 Å². The van der Waals surface area contributed by atoms with Gasteiger partial charge in [-0.1, -0.05) is 0 Å². The van der Waals surface area contributed by atoms with Crippen LogP contribution in [0.2, 0.25) is 0 Å². The minimum atomic E-state index is 0. The molecule has 1 atom stereocenters. The summed E-state index contributed by atoms with van der Waals surface area (Å²) in [5.41, 5.74) is 0.786. The van der Waals surface area contributed by atoms with E-state index in [1.807, 2.05) is 31.7 Å². The van der Waals surface area contributed by atoms with Crippen molar-refractivity contribution < 1.29 is 9.59 Å². The van der Waals surface area contributed by atoms with Crippen LogP contribution in [0, 0.1) is 13.8 Å². The van der Waals surface area contributed by atoms with Crippen molar-refractivity contribution in [2.75, 3.05) is 19.6 Å². The number of thiophene rings is 1. The highest BCUT2D eigenvalue weighted by Crippen LogP contribution is 2.22. The monoisotopic (exact) mass is 330 g/mol. The second-order valence-electron chi connectivity index (χ2n) is 5.39. The number of piperazine rings is 1. The van der Waals surface area contributed by atoms with Crippen molar-refractivity contribution in [3.8, 4) is 0 Å². The third-order valence-corrected chi connectivity index (χ3v) is 4.69. The van der Waals surface area contributed by atoms with Crippen LogP contribution in [0.1, 0.15) is 39.9 Å². The third kappa shape index (κ3) is 4.53. The Morgan fingerprint density at radius 1 is 1.38 bits per heavy atom. The van der Waals surface area contributed by atoms with Crippen LogP contribution < -0.4 is 5.32 Å². The van der Waals surface area contributed by atoms with Gasteiger partial charge in [0.1, 0.15) is 0 Å². The summed E-state index contributed by atoms with van der Waals surface area (Å²) in [4.78, 5) is 28.4. The molecule has 0 radical (unpaired) electrons. The number of carbonyl (C=O) groups excluding carboxylic acids is 2. The van der Waals surface area contributed by atoms with Crippen LogP contribution in [0.15, 0.2) is 6.07 Å². The normalized spacial score (nSPS) is 18.2. The fraction of sp³-hybridized carbons (Fsp3) is 0.600. The first-order valence-corrected chi connectivity index (χ1v) is 7.91. The average Bonchev–Trinajstić information content (AvgIpc) is 2.75. The molecule has 1 aliphatic heterocycles. The standard InChI is InChI=1S/C15H22N2O2S.ClH/c1-10-9-16-6-7-17(10)15(19)5-4-14(18)13-8-11(2)20-12(13)3;/h8,10,16H,4-7,9H2,1-3H3;1H/t10-;/m1./s1. The van der Waals surface area contributed by atoms with Gasteiger partial charge in [-0.25, -0.2) is 0 Å². The van der Waals surface area contributed by atoms with Gasteiger partial charge in [-0.05, 0) is 26.8 Å². The van der Waals surface area contributed by atoms with Crippen molar-refractivity contribution in [3.63, 3.8) is 0 Å². The third-order valence-electron chi connectivity index (χ3n) is 3.73. The predicted octanol–water partition coefficient (Wildman–Crippen LogP) is 2.57. The molecule has 1 aliphatic rings. The van der Waals surface area contributed by atoms with Crippen molar-refractivity contribution in [1.29, 1.82) is 0 Å². The second-order valence-corrected chi connectivity index (χ2v) is 6.85. The molecular formula is C15H23ClN2O2S. The van der Waals surface area contributed by atoms with E-state index in [1.54, 1.807) is 11.3 Å². The molecule has 0 unspecified atom stereocenters. The van der Waals surface area contributed by atoms with Crippen molar-refractivity contribution in [2.45, 2.75) is 39.7 Å². The van der Waals surface area contributed by atoms with E-state index >= 15 is 0 Å². The summed E-state index contributed by atoms with van der Waals surface area (Å²) in [6.45, 7) is 8.42. The first kappa shape index (κ1) is 18.1. The van der Waals surface area contributed by atoms with Gasteiger partial charge in [-0.15, -0.1) is 23.7 Å². The zero-order chi connectivity index (χ0) is 14.7. The number of halogens is 1. The molecule has 4 nitrogen and oxygen atoms in total. The predicted molar refractivity (Wildman–Crippen MR) is 88.7 cm³/mol. The molecule has 2 rings (SSSR count). The highest BCUT2D eigenvalue weighted by atomic mass is 35.5. The minimum Gasteiger partial charge on any atom is -0.337 e. The van der Waals surface area contributed by atoms with Crippen molar-refractivity contribution in [1.82, 2.24) is 10.2 Å². The molecule has 0 aliphatic carbocycles. The van der Waals surface area contributed by atoms with Crippen LogP contribution >= 0.6 is 23.7 Å². The number of hydrogen-bond donors (Lipinski definition) is 1. The number of rotatable bonds is 4. The molecular weight excluding hydrogens is 308 g/mol. The Bertz CT molecular complexity index is 516. The van der Waals surface area contributed by atoms with Gasteiger partial charge in [0.15, 0.2) is 5.78 Å². The Hall–Kier alpha value is -0.910. The fourth-order valence-electron chi connectivity index (χ4n) is 2.62. The fourth-order valence-corrected chi connectivity index (χ4v) is 3.56. The van der Waals surface area contributed by atoms with E-state index < -0.39 is 0 Å². The van der Waals surface area contributed by atoms with Crippen LogP contribution in [0.25, 0.3) is 0 Å². The van der Waals surface area contributed by atoms with E-state index in [-0.39, 0.29) is 30.1 Å². The van der Waals surface area contributed by atoms with Gasteiger partial charge < -0.3 is 10.2 Å². The van der Waals surface area contributed by atoms with Gasteiger partial charge in [-0.2, -0.15) is 0 Å². The van der Waals surface area contributed by atoms with Gasteiger partial charge >= 0.3 is 0 Å². The summed E-state index contributed by atoms with van der Waals surface area (Å²) >= 11 is 1.64. The lowest BCUT2D eigenvalue weighted by Crippen LogP contribution is -2.52. The zero-order valence-corrected chi connectivity index (χ0v) is 14.4. The van der Waals surface area contributed by atoms with E-state index in [0.717, 1.165) is 35.0 Å². The minimum absolute atomic E-state index is 0. The number of hydrogen-bond acceptors (Lipinski definition) is 4. The first-order valence-electron chi connectivity index (χ1n) is 7.09. The lowest BCUT2D eigenvalue weighted by atomic mass is 10.1. The van der Waals surface area contributed by atoms with Crippen LogP contribution in [-0.2, 0) is 4.79 Å². The molecule has 1 aromatic heterocycles. The molecule has 6 heteroatoms. The topological polar surface area (TPSA) is 49.4 Å². The molecule has 1 aromatic rings. The van der Waals surface area contributed by atoms with Crippen LogP contribution in [0.5, 0.6) is 0 Å². The summed E-state index contributed by atoms with van der Waals surface area (Å²) in [7, 11) is 0. The molecule has 2 heterocycles. The van der Waals surface area contributed by atoms with Gasteiger partial charge in [0, 0.05) is 53.8 Å². The smallest absolute Gasteiger partial charge is 0.223 e. The van der Waals surface area contributed by atoms with Crippen LogP contribution in [0.4, 0.5) is 0 Å². The molecule has 118 valence electrons. The van der Waals surface area contributed by atoms with Crippen molar-refractivity contribution >= 4 is 35.4 Å². The number of aryl methyl sites for hydroxylation is 2. The van der Waals surface area contributed by atoms with E-state index in [1.165, 1.54) is 0 Å². The van der Waals surface area contributed by atoms with Gasteiger partial charge in [-0.3, -0.25) is 9.59 Å². The van der Waals surface area contributed by atoms with Gasteiger partial charge in [0.05, 0.1) is 0 Å². The van der Waals surface area contributed by atoms with E-state index in [9.17, 15) is 9.59 Å². The Morgan fingerprint density at radius 3 is 2.67 bits per heavy atom. The summed E-state index contributed by atoms with van der Waals surface area (Å²) < 4.78 is 0. The molecule has 1 saturated heterocycles. The molecule has 0 spiro atoms. The zero-order valence-electron chi connectivity index (χ0n) is 12.8. The molecule has 1 fully saturated rings. The molecule has 1 N–H and O–H groups in total. The number of carbonyl (C=O) groups is 2. The van der Waals surface area contributed by atoms with Crippen molar-refractivity contribution in [2.24, 2.45) is 0 Å². The molecule has 0 bridgehead atoms. The maximum absolute atomic E-state index is 12.2. The highest BCUT2D eigenvalue weighted by Gasteiger charge is 2.23. The number of ketones is 1. The number of nitrogens with one attached hydrogen (secondary N) is 1. The van der Waals surface area contributed by atoms with Crippen LogP contribution in [0.3, 0.4) is 0 Å². The Kier molecular flexibility index (Phi) is 6.84. The summed E-state index contributed by atoms with van der Waals surface area (Å²) in [6, 6.07) is 2.15. The largest absolute Gasteiger partial charge is 0.337 e. The average molecular weight is 331 g/mol. The first-order chi connectivity index (χ1) is 9.49. The number of amides is 1. The maximum atomic E-state index is 12.2. The van der Waals surface area contributed by atoms with Crippen molar-refractivity contribution in [3.05, 3.63) is 21.4 Å². The Morgan fingerprint density at radius 2 is 2.10 bits per heavy atom. The molecule has 0 saturated carbocycles. The van der Waals surface area contributed by atoms with Gasteiger partial charge in [0.25, 0.3) is 0 Å².